The molecule has 2 rings (SSSR count). The number of hydrogen-bond acceptors (Lipinski definition) is 1. The molecule has 1 nitrogen and oxygen atoms in total. The molecule has 0 aromatic carbocycles. The second-order valence-electron chi connectivity index (χ2n) is 3.12. The van der Waals surface area contributed by atoms with E-state index in [0.717, 1.165) is 0 Å². The first-order valence-electron chi connectivity index (χ1n) is 3.98. The summed E-state index contributed by atoms with van der Waals surface area (Å²) >= 11 is 0. The Bertz CT molecular complexity index is 187. The molecule has 1 heterocycles. The Hall–Kier alpha value is -0.480. The minimum Gasteiger partial charge on any atom is -0.370 e. The number of hydrogen-bond donors (Lipinski definition) is 0. The lowest BCUT2D eigenvalue weighted by Gasteiger charge is -2.11. The average molecular weight is 136 g/mol. The van der Waals surface area contributed by atoms with Gasteiger partial charge in [0.05, 0.1) is 12.2 Å². The summed E-state index contributed by atoms with van der Waals surface area (Å²) in [6.45, 7) is 1.92. The van der Waals surface area contributed by atoms with Crippen molar-refractivity contribution in [3.63, 3.8) is 0 Å². The molecule has 10 heavy (non-hydrogen) atoms. The molecule has 1 heteroatoms. The molecule has 0 N–H and O–H groups in total. The zero-order valence-electron chi connectivity index (χ0n) is 6.26. The lowest BCUT2D eigenvalue weighted by atomic mass is 9.90. The van der Waals surface area contributed by atoms with E-state index in [4.69, 9.17) is 4.74 Å². The summed E-state index contributed by atoms with van der Waals surface area (Å²) in [7, 11) is 0. The first kappa shape index (κ1) is 6.24. The van der Waals surface area contributed by atoms with Crippen molar-refractivity contribution in [2.45, 2.75) is 38.4 Å². The second kappa shape index (κ2) is 2.29. The van der Waals surface area contributed by atoms with E-state index in [0.29, 0.717) is 18.1 Å². The molecule has 1 aliphatic heterocycles. The smallest absolute Gasteiger partial charge is 0.0853 e. The molecule has 0 bridgehead atoms. The maximum Gasteiger partial charge on any atom is 0.0853 e. The summed E-state index contributed by atoms with van der Waals surface area (Å²) in [4.78, 5) is 0. The quantitative estimate of drug-likeness (QED) is 0.364. The Morgan fingerprint density at radius 1 is 1.30 bits per heavy atom. The van der Waals surface area contributed by atoms with Crippen LogP contribution in [0.2, 0.25) is 0 Å². The lowest BCUT2D eigenvalue weighted by Crippen LogP contribution is -2.11. The fourth-order valence-corrected chi connectivity index (χ4v) is 1.74. The van der Waals surface area contributed by atoms with E-state index in [2.05, 4.69) is 11.8 Å². The van der Waals surface area contributed by atoms with E-state index in [1.807, 2.05) is 6.92 Å². The number of epoxide rings is 1. The molecule has 0 spiro atoms. The minimum absolute atomic E-state index is 0.583. The van der Waals surface area contributed by atoms with E-state index < -0.39 is 0 Å². The molecule has 2 fully saturated rings. The molecule has 0 aromatic heterocycles. The summed E-state index contributed by atoms with van der Waals surface area (Å²) in [5, 5.41) is 0. The normalized spacial score (nSPS) is 43.1. The first-order chi connectivity index (χ1) is 4.90. The molecule has 0 radical (unpaired) electrons. The molecule has 1 aliphatic carbocycles. The van der Waals surface area contributed by atoms with Crippen molar-refractivity contribution in [2.75, 3.05) is 0 Å². The van der Waals surface area contributed by atoms with Crippen LogP contribution in [0.15, 0.2) is 0 Å². The van der Waals surface area contributed by atoms with Crippen LogP contribution < -0.4 is 0 Å². The van der Waals surface area contributed by atoms with Gasteiger partial charge in [0.15, 0.2) is 0 Å². The van der Waals surface area contributed by atoms with Crippen LogP contribution in [0, 0.1) is 17.8 Å². The fraction of sp³-hybridized carbons (Fsp3) is 0.778. The second-order valence-corrected chi connectivity index (χ2v) is 3.12. The van der Waals surface area contributed by atoms with Crippen LogP contribution in [0.1, 0.15) is 26.2 Å². The molecule has 54 valence electrons. The van der Waals surface area contributed by atoms with Gasteiger partial charge in [0.2, 0.25) is 0 Å². The predicted molar refractivity (Wildman–Crippen MR) is 39.5 cm³/mol. The highest BCUT2D eigenvalue weighted by Crippen LogP contribution is 2.38. The molecule has 3 unspecified atom stereocenters. The zero-order valence-corrected chi connectivity index (χ0v) is 6.26. The molecule has 1 saturated carbocycles. The topological polar surface area (TPSA) is 12.5 Å². The first-order valence-corrected chi connectivity index (χ1v) is 3.98. The highest BCUT2D eigenvalue weighted by Gasteiger charge is 2.43. The van der Waals surface area contributed by atoms with Gasteiger partial charge in [0.1, 0.15) is 0 Å². The Balaban J connectivity index is 1.92. The van der Waals surface area contributed by atoms with Gasteiger partial charge in [-0.05, 0) is 26.2 Å². The van der Waals surface area contributed by atoms with Crippen LogP contribution in [0.3, 0.4) is 0 Å². The van der Waals surface area contributed by atoms with Crippen LogP contribution in [-0.2, 0) is 4.74 Å². The Kier molecular flexibility index (Phi) is 1.43. The van der Waals surface area contributed by atoms with Crippen molar-refractivity contribution < 1.29 is 4.74 Å². The van der Waals surface area contributed by atoms with Gasteiger partial charge in [-0.2, -0.15) is 0 Å². The highest BCUT2D eigenvalue weighted by molar-refractivity contribution is 5.06. The maximum atomic E-state index is 5.39. The van der Waals surface area contributed by atoms with E-state index in [1.165, 1.54) is 19.3 Å². The monoisotopic (exact) mass is 136 g/mol. The Labute approximate surface area is 61.8 Å². The molecular weight excluding hydrogens is 124 g/mol. The lowest BCUT2D eigenvalue weighted by molar-refractivity contribution is 0.371. The molecule has 3 atom stereocenters. The van der Waals surface area contributed by atoms with Crippen LogP contribution in [-0.4, -0.2) is 12.2 Å². The predicted octanol–water partition coefficient (Wildman–Crippen LogP) is 1.58. The molecule has 2 aliphatic rings. The Morgan fingerprint density at radius 3 is 2.90 bits per heavy atom. The third kappa shape index (κ3) is 1.04. The Morgan fingerprint density at radius 2 is 2.20 bits per heavy atom. The zero-order chi connectivity index (χ0) is 6.97. The minimum atomic E-state index is 0.583. The standard InChI is InChI=1S/C9H12O/c1-2-3-7-4-5-8-9(6-7)10-8/h7-9H,4-6H2,1H3. The van der Waals surface area contributed by atoms with Crippen molar-refractivity contribution in [3.05, 3.63) is 0 Å². The van der Waals surface area contributed by atoms with Gasteiger partial charge in [0.25, 0.3) is 0 Å². The number of fused-ring (bicyclic) bond motifs is 1. The molecule has 0 amide bonds. The van der Waals surface area contributed by atoms with Crippen LogP contribution in [0.5, 0.6) is 0 Å². The van der Waals surface area contributed by atoms with E-state index in [-0.39, 0.29) is 0 Å². The summed E-state index contributed by atoms with van der Waals surface area (Å²) in [5.74, 6) is 6.82. The van der Waals surface area contributed by atoms with Crippen molar-refractivity contribution >= 4 is 0 Å². The van der Waals surface area contributed by atoms with Gasteiger partial charge in [0, 0.05) is 5.92 Å². The molecular formula is C9H12O. The summed E-state index contributed by atoms with van der Waals surface area (Å²) < 4.78 is 5.39. The molecule has 1 saturated heterocycles. The van der Waals surface area contributed by atoms with Gasteiger partial charge in [-0.3, -0.25) is 0 Å². The largest absolute Gasteiger partial charge is 0.370 e. The molecule has 0 aromatic rings. The third-order valence-electron chi connectivity index (χ3n) is 2.35. The van der Waals surface area contributed by atoms with Crippen molar-refractivity contribution in [1.29, 1.82) is 0 Å². The van der Waals surface area contributed by atoms with Gasteiger partial charge >= 0.3 is 0 Å². The highest BCUT2D eigenvalue weighted by atomic mass is 16.6. The number of ether oxygens (including phenoxy) is 1. The van der Waals surface area contributed by atoms with Crippen molar-refractivity contribution in [3.8, 4) is 11.8 Å². The van der Waals surface area contributed by atoms with Crippen LogP contribution in [0.4, 0.5) is 0 Å². The van der Waals surface area contributed by atoms with Gasteiger partial charge < -0.3 is 4.74 Å². The summed E-state index contributed by atoms with van der Waals surface area (Å²) in [6, 6.07) is 0. The fourth-order valence-electron chi connectivity index (χ4n) is 1.74. The number of rotatable bonds is 0. The van der Waals surface area contributed by atoms with E-state index >= 15 is 0 Å². The summed E-state index contributed by atoms with van der Waals surface area (Å²) in [6.07, 6.45) is 4.88. The van der Waals surface area contributed by atoms with Gasteiger partial charge in [-0.1, -0.05) is 0 Å². The maximum absolute atomic E-state index is 5.39. The van der Waals surface area contributed by atoms with E-state index in [1.54, 1.807) is 0 Å². The van der Waals surface area contributed by atoms with E-state index in [9.17, 15) is 0 Å². The third-order valence-corrected chi connectivity index (χ3v) is 2.35. The van der Waals surface area contributed by atoms with Crippen molar-refractivity contribution in [2.24, 2.45) is 5.92 Å². The summed E-state index contributed by atoms with van der Waals surface area (Å²) in [5.41, 5.74) is 0. The van der Waals surface area contributed by atoms with Gasteiger partial charge in [-0.25, -0.2) is 0 Å². The van der Waals surface area contributed by atoms with Crippen LogP contribution in [0.25, 0.3) is 0 Å². The van der Waals surface area contributed by atoms with Crippen LogP contribution >= 0.6 is 0 Å². The SMILES string of the molecule is CC#CC1CCC2OC2C1. The average Bonchev–Trinajstić information content (AvgIpc) is 2.66. The van der Waals surface area contributed by atoms with Crippen molar-refractivity contribution in [1.82, 2.24) is 0 Å². The van der Waals surface area contributed by atoms with Gasteiger partial charge in [-0.15, -0.1) is 11.8 Å².